The maximum absolute atomic E-state index is 14.2. The molecule has 1 aliphatic heterocycles. The van der Waals surface area contributed by atoms with Crippen LogP contribution in [0.3, 0.4) is 0 Å². The van der Waals surface area contributed by atoms with E-state index in [1.807, 2.05) is 0 Å². The van der Waals surface area contributed by atoms with Gasteiger partial charge in [-0.05, 0) is 6.08 Å². The number of hydrogen-bond donors (Lipinski definition) is 0. The summed E-state index contributed by atoms with van der Waals surface area (Å²) in [7, 11) is 0. The SMILES string of the molecule is C=[N+]1C=CC=C[C-]1c1c(C)cc(F)c(C(F)(F)F)c1F. The molecule has 0 bridgehead atoms. The van der Waals surface area contributed by atoms with Crippen LogP contribution in [0, 0.1) is 24.6 Å². The predicted octanol–water partition coefficient (Wildman–Crippen LogP) is 3.97. The Hall–Kier alpha value is -2.11. The molecule has 0 atom stereocenters. The quantitative estimate of drug-likeness (QED) is 0.418. The Morgan fingerprint density at radius 1 is 1.20 bits per heavy atom. The third-order valence-electron chi connectivity index (χ3n) is 2.90. The summed E-state index contributed by atoms with van der Waals surface area (Å²) in [5.41, 5.74) is -2.13. The molecule has 0 spiro atoms. The molecule has 0 aliphatic carbocycles. The van der Waals surface area contributed by atoms with Crippen LogP contribution in [0.1, 0.15) is 16.7 Å². The first-order valence-corrected chi connectivity index (χ1v) is 5.61. The van der Waals surface area contributed by atoms with Crippen molar-refractivity contribution < 1.29 is 26.5 Å². The van der Waals surface area contributed by atoms with Gasteiger partial charge < -0.3 is 0 Å². The minimum atomic E-state index is -5.10. The second kappa shape index (κ2) is 4.77. The maximum Gasteiger partial charge on any atom is 0.416 e. The lowest BCUT2D eigenvalue weighted by atomic mass is 9.95. The molecule has 2 rings (SSSR count). The highest BCUT2D eigenvalue weighted by Gasteiger charge is 2.39. The van der Waals surface area contributed by atoms with E-state index in [0.29, 0.717) is 6.07 Å². The molecule has 0 saturated carbocycles. The molecule has 6 heteroatoms. The number of allylic oxidation sites excluding steroid dienone is 2. The molecule has 0 amide bonds. The summed E-state index contributed by atoms with van der Waals surface area (Å²) in [4.78, 5) is 0. The zero-order valence-electron chi connectivity index (χ0n) is 10.4. The molecule has 1 aliphatic rings. The average molecular weight is 287 g/mol. The summed E-state index contributed by atoms with van der Waals surface area (Å²) in [6.07, 6.45) is 0.906. The number of benzene rings is 1. The highest BCUT2D eigenvalue weighted by Crippen LogP contribution is 2.38. The second-order valence-corrected chi connectivity index (χ2v) is 4.29. The highest BCUT2D eigenvalue weighted by atomic mass is 19.4. The number of rotatable bonds is 1. The second-order valence-electron chi connectivity index (χ2n) is 4.29. The van der Waals surface area contributed by atoms with Crippen molar-refractivity contribution in [1.29, 1.82) is 0 Å². The fourth-order valence-electron chi connectivity index (χ4n) is 2.01. The first-order chi connectivity index (χ1) is 9.23. The number of aryl methyl sites for hydroxylation is 1. The van der Waals surface area contributed by atoms with E-state index >= 15 is 0 Å². The van der Waals surface area contributed by atoms with Gasteiger partial charge in [0.1, 0.15) is 18.1 Å². The molecule has 1 aromatic rings. The fourth-order valence-corrected chi connectivity index (χ4v) is 2.01. The van der Waals surface area contributed by atoms with Crippen molar-refractivity contribution in [3.63, 3.8) is 0 Å². The summed E-state index contributed by atoms with van der Waals surface area (Å²) >= 11 is 0. The van der Waals surface area contributed by atoms with Crippen LogP contribution >= 0.6 is 0 Å². The Bertz CT molecular complexity index is 625. The smallest absolute Gasteiger partial charge is 0.255 e. The highest BCUT2D eigenvalue weighted by molar-refractivity contribution is 5.47. The normalized spacial score (nSPS) is 15.1. The lowest BCUT2D eigenvalue weighted by Crippen LogP contribution is -2.20. The Kier molecular flexibility index (Phi) is 3.41. The van der Waals surface area contributed by atoms with Crippen molar-refractivity contribution >= 4 is 6.72 Å². The van der Waals surface area contributed by atoms with Crippen molar-refractivity contribution in [2.24, 2.45) is 0 Å². The molecule has 106 valence electrons. The van der Waals surface area contributed by atoms with E-state index in [1.54, 1.807) is 6.08 Å². The van der Waals surface area contributed by atoms with Gasteiger partial charge in [-0.2, -0.15) is 13.2 Å². The van der Waals surface area contributed by atoms with Gasteiger partial charge in [0.15, 0.2) is 0 Å². The van der Waals surface area contributed by atoms with Gasteiger partial charge in [-0.3, -0.25) is 4.58 Å². The Morgan fingerprint density at radius 2 is 1.85 bits per heavy atom. The van der Waals surface area contributed by atoms with Gasteiger partial charge in [0.2, 0.25) is 0 Å². The van der Waals surface area contributed by atoms with E-state index < -0.39 is 23.4 Å². The molecule has 0 saturated heterocycles. The molecule has 0 radical (unpaired) electrons. The van der Waals surface area contributed by atoms with Crippen LogP contribution in [0.25, 0.3) is 0 Å². The van der Waals surface area contributed by atoms with Gasteiger partial charge in [0.25, 0.3) is 0 Å². The third kappa shape index (κ3) is 2.33. The first-order valence-electron chi connectivity index (χ1n) is 5.61. The van der Waals surface area contributed by atoms with Crippen molar-refractivity contribution in [2.45, 2.75) is 13.1 Å². The zero-order valence-corrected chi connectivity index (χ0v) is 10.4. The lowest BCUT2D eigenvalue weighted by molar-refractivity contribution is -0.418. The summed E-state index contributed by atoms with van der Waals surface area (Å²) in [5.74, 6) is -3.25. The van der Waals surface area contributed by atoms with E-state index in [2.05, 4.69) is 6.72 Å². The van der Waals surface area contributed by atoms with Crippen LogP contribution < -0.4 is 0 Å². The number of alkyl halides is 3. The lowest BCUT2D eigenvalue weighted by Gasteiger charge is -2.22. The fraction of sp³-hybridized carbons (Fsp3) is 0.143. The van der Waals surface area contributed by atoms with E-state index in [-0.39, 0.29) is 17.2 Å². The summed E-state index contributed by atoms with van der Waals surface area (Å²) in [5, 5.41) is 0. The molecule has 0 fully saturated rings. The molecule has 0 unspecified atom stereocenters. The minimum Gasteiger partial charge on any atom is -0.255 e. The predicted molar refractivity (Wildman–Crippen MR) is 64.1 cm³/mol. The monoisotopic (exact) mass is 287 g/mol. The molecule has 1 nitrogen and oxygen atoms in total. The van der Waals surface area contributed by atoms with Crippen molar-refractivity contribution in [3.8, 4) is 0 Å². The van der Waals surface area contributed by atoms with Crippen LogP contribution in [-0.4, -0.2) is 11.3 Å². The van der Waals surface area contributed by atoms with E-state index in [4.69, 9.17) is 0 Å². The van der Waals surface area contributed by atoms with Crippen LogP contribution in [-0.2, 0) is 6.18 Å². The molecular weight excluding hydrogens is 277 g/mol. The van der Waals surface area contributed by atoms with Crippen LogP contribution in [0.4, 0.5) is 22.0 Å². The van der Waals surface area contributed by atoms with Gasteiger partial charge in [-0.15, -0.1) is 6.08 Å². The third-order valence-corrected chi connectivity index (χ3v) is 2.90. The first kappa shape index (κ1) is 14.3. The van der Waals surface area contributed by atoms with Gasteiger partial charge in [-0.1, -0.05) is 24.6 Å². The summed E-state index contributed by atoms with van der Waals surface area (Å²) < 4.78 is 67.0. The standard InChI is InChI=1S/C14H10F5N/c1-8-7-9(15)12(14(17,18)19)13(16)11(8)10-5-3-4-6-20(10)2/h3-7H,2H2,1H3. The largest absolute Gasteiger partial charge is 0.416 e. The van der Waals surface area contributed by atoms with Gasteiger partial charge >= 0.3 is 6.18 Å². The van der Waals surface area contributed by atoms with E-state index in [1.165, 1.54) is 29.9 Å². The molecule has 20 heavy (non-hydrogen) atoms. The zero-order chi connectivity index (χ0) is 15.1. The van der Waals surface area contributed by atoms with E-state index in [9.17, 15) is 22.0 Å². The molecule has 1 aromatic carbocycles. The average Bonchev–Trinajstić information content (AvgIpc) is 2.28. The van der Waals surface area contributed by atoms with E-state index in [0.717, 1.165) is 0 Å². The van der Waals surface area contributed by atoms with Crippen molar-refractivity contribution in [3.05, 3.63) is 64.9 Å². The van der Waals surface area contributed by atoms with Crippen LogP contribution in [0.5, 0.6) is 0 Å². The van der Waals surface area contributed by atoms with Crippen LogP contribution in [0.2, 0.25) is 0 Å². The molecular formula is C14H10F5N. The van der Waals surface area contributed by atoms with Gasteiger partial charge in [-0.25, -0.2) is 8.78 Å². The number of nitrogens with zero attached hydrogens (tertiary/aromatic N) is 1. The maximum atomic E-state index is 14.2. The number of hydrogen-bond acceptors (Lipinski definition) is 0. The van der Waals surface area contributed by atoms with Crippen molar-refractivity contribution in [1.82, 2.24) is 0 Å². The minimum absolute atomic E-state index is 0.0663. The summed E-state index contributed by atoms with van der Waals surface area (Å²) in [6, 6.07) is 0.807. The number of halogens is 5. The molecule has 0 N–H and O–H groups in total. The van der Waals surface area contributed by atoms with Crippen molar-refractivity contribution in [2.75, 3.05) is 0 Å². The Balaban J connectivity index is 2.68. The molecule has 0 aromatic heterocycles. The summed E-state index contributed by atoms with van der Waals surface area (Å²) in [6.45, 7) is 4.91. The van der Waals surface area contributed by atoms with Crippen LogP contribution in [0.15, 0.2) is 30.5 Å². The van der Waals surface area contributed by atoms with Gasteiger partial charge in [0, 0.05) is 5.56 Å². The molecule has 1 heterocycles. The Morgan fingerprint density at radius 3 is 2.40 bits per heavy atom. The topological polar surface area (TPSA) is 3.01 Å². The van der Waals surface area contributed by atoms with Gasteiger partial charge in [0.05, 0.1) is 18.1 Å². The Labute approximate surface area is 112 Å².